The quantitative estimate of drug-likeness (QED) is 0.876. The minimum atomic E-state index is -1.15. The molecule has 1 unspecified atom stereocenters. The Morgan fingerprint density at radius 2 is 2.00 bits per heavy atom. The molecule has 1 aromatic carbocycles. The highest BCUT2D eigenvalue weighted by molar-refractivity contribution is 5.39. The van der Waals surface area contributed by atoms with Gasteiger partial charge in [-0.15, -0.1) is 0 Å². The third kappa shape index (κ3) is 2.16. The summed E-state index contributed by atoms with van der Waals surface area (Å²) in [5.74, 6) is 0.163. The van der Waals surface area contributed by atoms with Gasteiger partial charge in [0.15, 0.2) is 0 Å². The van der Waals surface area contributed by atoms with Gasteiger partial charge in [-0.3, -0.25) is 0 Å². The highest BCUT2D eigenvalue weighted by Crippen LogP contribution is 2.44. The molecular weight excluding hydrogens is 219 g/mol. The Kier molecular flexibility index (Phi) is 3.38. The van der Waals surface area contributed by atoms with Gasteiger partial charge in [0, 0.05) is 0 Å². The topological polar surface area (TPSA) is 29.5 Å². The normalized spacial score (nSPS) is 20.2. The molecule has 94 valence electrons. The molecule has 0 saturated heterocycles. The Labute approximate surface area is 101 Å². The third-order valence-corrected chi connectivity index (χ3v) is 3.85. The largest absolute Gasteiger partial charge is 0.496 e. The van der Waals surface area contributed by atoms with Crippen LogP contribution in [0.3, 0.4) is 0 Å². The van der Waals surface area contributed by atoms with Crippen molar-refractivity contribution in [2.24, 2.45) is 5.92 Å². The SMILES string of the molecule is COc1cccc(F)c1C(C)(O)C1CCCC1. The number of benzene rings is 1. The summed E-state index contributed by atoms with van der Waals surface area (Å²) in [6, 6.07) is 4.67. The van der Waals surface area contributed by atoms with Crippen LogP contribution in [0.2, 0.25) is 0 Å². The van der Waals surface area contributed by atoms with Gasteiger partial charge in [-0.25, -0.2) is 4.39 Å². The molecule has 0 aliphatic heterocycles. The number of hydrogen-bond donors (Lipinski definition) is 1. The summed E-state index contributed by atoms with van der Waals surface area (Å²) in [5, 5.41) is 10.7. The number of hydrogen-bond acceptors (Lipinski definition) is 2. The average molecular weight is 238 g/mol. The van der Waals surface area contributed by atoms with E-state index >= 15 is 0 Å². The van der Waals surface area contributed by atoms with Crippen LogP contribution in [-0.2, 0) is 5.60 Å². The zero-order valence-electron chi connectivity index (χ0n) is 10.4. The lowest BCUT2D eigenvalue weighted by molar-refractivity contribution is -0.00846. The van der Waals surface area contributed by atoms with Crippen LogP contribution in [0.1, 0.15) is 38.2 Å². The number of methoxy groups -OCH3 is 1. The van der Waals surface area contributed by atoms with E-state index in [1.807, 2.05) is 0 Å². The van der Waals surface area contributed by atoms with Gasteiger partial charge in [0.2, 0.25) is 0 Å². The van der Waals surface area contributed by atoms with E-state index in [9.17, 15) is 9.50 Å². The molecule has 0 aromatic heterocycles. The van der Waals surface area contributed by atoms with E-state index in [0.717, 1.165) is 25.7 Å². The number of rotatable bonds is 3. The van der Waals surface area contributed by atoms with E-state index in [2.05, 4.69) is 0 Å². The number of ether oxygens (including phenoxy) is 1. The Morgan fingerprint density at radius 3 is 2.59 bits per heavy atom. The second-order valence-electron chi connectivity index (χ2n) is 4.95. The lowest BCUT2D eigenvalue weighted by Gasteiger charge is -2.32. The Morgan fingerprint density at radius 1 is 1.35 bits per heavy atom. The van der Waals surface area contributed by atoms with E-state index in [4.69, 9.17) is 4.74 Å². The predicted molar refractivity (Wildman–Crippen MR) is 64.5 cm³/mol. The highest BCUT2D eigenvalue weighted by atomic mass is 19.1. The van der Waals surface area contributed by atoms with Crippen molar-refractivity contribution < 1.29 is 14.2 Å². The summed E-state index contributed by atoms with van der Waals surface area (Å²) >= 11 is 0. The molecule has 1 saturated carbocycles. The summed E-state index contributed by atoms with van der Waals surface area (Å²) in [5.41, 5.74) is -0.845. The van der Waals surface area contributed by atoms with E-state index < -0.39 is 5.60 Å². The molecule has 0 bridgehead atoms. The van der Waals surface area contributed by atoms with Crippen molar-refractivity contribution in [3.63, 3.8) is 0 Å². The van der Waals surface area contributed by atoms with Crippen LogP contribution in [-0.4, -0.2) is 12.2 Å². The van der Waals surface area contributed by atoms with E-state index in [1.54, 1.807) is 19.1 Å². The van der Waals surface area contributed by atoms with Crippen LogP contribution in [0.15, 0.2) is 18.2 Å². The maximum absolute atomic E-state index is 13.9. The first-order chi connectivity index (χ1) is 8.07. The fourth-order valence-electron chi connectivity index (χ4n) is 2.86. The van der Waals surface area contributed by atoms with Gasteiger partial charge >= 0.3 is 0 Å². The van der Waals surface area contributed by atoms with E-state index in [-0.39, 0.29) is 11.7 Å². The van der Waals surface area contributed by atoms with Gasteiger partial charge < -0.3 is 9.84 Å². The Bertz CT molecular complexity index is 395. The molecule has 0 amide bonds. The number of halogens is 1. The van der Waals surface area contributed by atoms with Crippen molar-refractivity contribution in [2.75, 3.05) is 7.11 Å². The van der Waals surface area contributed by atoms with Gasteiger partial charge in [-0.2, -0.15) is 0 Å². The standard InChI is InChI=1S/C14H19FO2/c1-14(16,10-6-3-4-7-10)13-11(15)8-5-9-12(13)17-2/h5,8-10,16H,3-4,6-7H2,1-2H3. The van der Waals surface area contributed by atoms with E-state index in [1.165, 1.54) is 13.2 Å². The lowest BCUT2D eigenvalue weighted by atomic mass is 9.81. The third-order valence-electron chi connectivity index (χ3n) is 3.85. The van der Waals surface area contributed by atoms with Crippen LogP contribution in [0, 0.1) is 11.7 Å². The average Bonchev–Trinajstić information content (AvgIpc) is 2.82. The van der Waals surface area contributed by atoms with Gasteiger partial charge in [-0.1, -0.05) is 18.9 Å². The molecule has 1 N–H and O–H groups in total. The molecule has 2 nitrogen and oxygen atoms in total. The summed E-state index contributed by atoms with van der Waals surface area (Å²) in [4.78, 5) is 0. The maximum Gasteiger partial charge on any atom is 0.133 e. The minimum absolute atomic E-state index is 0.119. The molecule has 1 aromatic rings. The molecule has 1 aliphatic rings. The second kappa shape index (κ2) is 4.65. The van der Waals surface area contributed by atoms with Crippen molar-refractivity contribution in [3.05, 3.63) is 29.6 Å². The summed E-state index contributed by atoms with van der Waals surface area (Å²) < 4.78 is 19.1. The molecule has 1 fully saturated rings. The van der Waals surface area contributed by atoms with Gasteiger partial charge in [0.05, 0.1) is 18.3 Å². The summed E-state index contributed by atoms with van der Waals surface area (Å²) in [7, 11) is 1.50. The molecular formula is C14H19FO2. The molecule has 0 spiro atoms. The minimum Gasteiger partial charge on any atom is -0.496 e. The van der Waals surface area contributed by atoms with Crippen molar-refractivity contribution in [2.45, 2.75) is 38.2 Å². The molecule has 1 atom stereocenters. The molecule has 2 rings (SSSR count). The van der Waals surface area contributed by atoms with Crippen LogP contribution in [0.5, 0.6) is 5.75 Å². The van der Waals surface area contributed by atoms with E-state index in [0.29, 0.717) is 11.3 Å². The van der Waals surface area contributed by atoms with Crippen molar-refractivity contribution in [3.8, 4) is 5.75 Å². The fourth-order valence-corrected chi connectivity index (χ4v) is 2.86. The van der Waals surface area contributed by atoms with Crippen LogP contribution in [0.25, 0.3) is 0 Å². The smallest absolute Gasteiger partial charge is 0.133 e. The van der Waals surface area contributed by atoms with Crippen molar-refractivity contribution in [1.29, 1.82) is 0 Å². The Balaban J connectivity index is 2.43. The predicted octanol–water partition coefficient (Wildman–Crippen LogP) is 3.23. The fraction of sp³-hybridized carbons (Fsp3) is 0.571. The first-order valence-corrected chi connectivity index (χ1v) is 6.12. The molecule has 3 heteroatoms. The lowest BCUT2D eigenvalue weighted by Crippen LogP contribution is -2.31. The van der Waals surface area contributed by atoms with Crippen LogP contribution in [0.4, 0.5) is 4.39 Å². The first kappa shape index (κ1) is 12.4. The van der Waals surface area contributed by atoms with Gasteiger partial charge in [-0.05, 0) is 37.8 Å². The summed E-state index contributed by atoms with van der Waals surface area (Å²) in [6.45, 7) is 1.70. The summed E-state index contributed by atoms with van der Waals surface area (Å²) in [6.07, 6.45) is 4.12. The zero-order chi connectivity index (χ0) is 12.5. The molecule has 0 radical (unpaired) electrons. The second-order valence-corrected chi connectivity index (χ2v) is 4.95. The van der Waals surface area contributed by atoms with Crippen molar-refractivity contribution >= 4 is 0 Å². The monoisotopic (exact) mass is 238 g/mol. The van der Waals surface area contributed by atoms with Gasteiger partial charge in [0.25, 0.3) is 0 Å². The first-order valence-electron chi connectivity index (χ1n) is 6.12. The molecule has 1 aliphatic carbocycles. The highest BCUT2D eigenvalue weighted by Gasteiger charge is 2.39. The molecule has 0 heterocycles. The maximum atomic E-state index is 13.9. The Hall–Kier alpha value is -1.09. The molecule has 17 heavy (non-hydrogen) atoms. The van der Waals surface area contributed by atoms with Crippen molar-refractivity contribution in [1.82, 2.24) is 0 Å². The number of aliphatic hydroxyl groups is 1. The van der Waals surface area contributed by atoms with Crippen LogP contribution < -0.4 is 4.74 Å². The van der Waals surface area contributed by atoms with Crippen LogP contribution >= 0.6 is 0 Å². The zero-order valence-corrected chi connectivity index (χ0v) is 10.4. The van der Waals surface area contributed by atoms with Gasteiger partial charge in [0.1, 0.15) is 11.6 Å².